The molecule has 0 saturated carbocycles. The van der Waals surface area contributed by atoms with Gasteiger partial charge < -0.3 is 16.0 Å². The average molecular weight is 365 g/mol. The molecule has 2 aromatic heterocycles. The number of carbonyl (C=O) groups excluding carboxylic acids is 1. The van der Waals surface area contributed by atoms with E-state index in [0.717, 1.165) is 43.0 Å². The van der Waals surface area contributed by atoms with E-state index in [2.05, 4.69) is 25.5 Å². The summed E-state index contributed by atoms with van der Waals surface area (Å²) in [5.74, 6) is 0.985. The number of hydrogen-bond acceptors (Lipinski definition) is 6. The zero-order valence-electron chi connectivity index (χ0n) is 15.0. The first-order chi connectivity index (χ1) is 13.2. The number of fused-ring (bicyclic) bond motifs is 1. The van der Waals surface area contributed by atoms with Crippen LogP contribution < -0.4 is 16.0 Å². The van der Waals surface area contributed by atoms with Gasteiger partial charge in [0.15, 0.2) is 5.65 Å². The molecule has 4 rings (SSSR count). The Labute approximate surface area is 157 Å². The minimum atomic E-state index is -0.185. The summed E-state index contributed by atoms with van der Waals surface area (Å²) in [6, 6.07) is 13.5. The molecule has 1 aliphatic rings. The second kappa shape index (κ2) is 7.71. The SMILES string of the molecule is NC(CNC(=O)C1CCN(c2ccc3nncn3n2)CC1)c1ccccc1. The maximum absolute atomic E-state index is 12.5. The minimum Gasteiger partial charge on any atom is -0.355 e. The van der Waals surface area contributed by atoms with Crippen LogP contribution in [0.1, 0.15) is 24.4 Å². The minimum absolute atomic E-state index is 0.0165. The number of nitrogens with two attached hydrogens (primary N) is 1. The molecule has 0 radical (unpaired) electrons. The Hall–Kier alpha value is -3.00. The summed E-state index contributed by atoms with van der Waals surface area (Å²) < 4.78 is 1.67. The molecular weight excluding hydrogens is 342 g/mol. The molecule has 3 heterocycles. The van der Waals surface area contributed by atoms with Gasteiger partial charge in [-0.15, -0.1) is 15.3 Å². The smallest absolute Gasteiger partial charge is 0.223 e. The van der Waals surface area contributed by atoms with Gasteiger partial charge in [-0.2, -0.15) is 4.52 Å². The van der Waals surface area contributed by atoms with E-state index in [-0.39, 0.29) is 17.9 Å². The Morgan fingerprint density at radius 1 is 1.19 bits per heavy atom. The van der Waals surface area contributed by atoms with Crippen LogP contribution in [-0.2, 0) is 4.79 Å². The summed E-state index contributed by atoms with van der Waals surface area (Å²) in [6.45, 7) is 2.04. The Morgan fingerprint density at radius 3 is 2.74 bits per heavy atom. The predicted molar refractivity (Wildman–Crippen MR) is 102 cm³/mol. The number of aromatic nitrogens is 4. The molecule has 0 aliphatic carbocycles. The standard InChI is InChI=1S/C19H23N7O/c20-16(14-4-2-1-3-5-14)12-21-19(27)15-8-10-25(11-9-15)18-7-6-17-23-22-13-26(17)24-18/h1-7,13,15-16H,8-12,20H2,(H,21,27). The summed E-state index contributed by atoms with van der Waals surface area (Å²) >= 11 is 0. The van der Waals surface area contributed by atoms with Crippen molar-refractivity contribution < 1.29 is 4.79 Å². The summed E-state index contributed by atoms with van der Waals surface area (Å²) in [5, 5.41) is 15.3. The molecule has 8 heteroatoms. The predicted octanol–water partition coefficient (Wildman–Crippen LogP) is 1.16. The van der Waals surface area contributed by atoms with E-state index < -0.39 is 0 Å². The highest BCUT2D eigenvalue weighted by molar-refractivity contribution is 5.79. The molecule has 1 fully saturated rings. The lowest BCUT2D eigenvalue weighted by Crippen LogP contribution is -2.42. The lowest BCUT2D eigenvalue weighted by molar-refractivity contribution is -0.125. The van der Waals surface area contributed by atoms with Gasteiger partial charge in [-0.1, -0.05) is 30.3 Å². The van der Waals surface area contributed by atoms with E-state index in [1.165, 1.54) is 0 Å². The highest BCUT2D eigenvalue weighted by Crippen LogP contribution is 2.22. The highest BCUT2D eigenvalue weighted by Gasteiger charge is 2.26. The second-order valence-corrected chi connectivity index (χ2v) is 6.85. The van der Waals surface area contributed by atoms with Crippen molar-refractivity contribution in [1.29, 1.82) is 0 Å². The molecular formula is C19H23N7O. The number of carbonyl (C=O) groups is 1. The molecule has 1 saturated heterocycles. The van der Waals surface area contributed by atoms with Crippen LogP contribution in [0.4, 0.5) is 5.82 Å². The topological polar surface area (TPSA) is 101 Å². The highest BCUT2D eigenvalue weighted by atomic mass is 16.1. The van der Waals surface area contributed by atoms with Crippen molar-refractivity contribution in [2.45, 2.75) is 18.9 Å². The summed E-state index contributed by atoms with van der Waals surface area (Å²) in [6.07, 6.45) is 3.19. The van der Waals surface area contributed by atoms with Crippen LogP contribution in [0.2, 0.25) is 0 Å². The molecule has 0 bridgehead atoms. The van der Waals surface area contributed by atoms with Gasteiger partial charge in [0.25, 0.3) is 0 Å². The van der Waals surface area contributed by atoms with Gasteiger partial charge >= 0.3 is 0 Å². The lowest BCUT2D eigenvalue weighted by atomic mass is 9.95. The van der Waals surface area contributed by atoms with Crippen LogP contribution >= 0.6 is 0 Å². The van der Waals surface area contributed by atoms with Gasteiger partial charge in [0.2, 0.25) is 5.91 Å². The van der Waals surface area contributed by atoms with Crippen LogP contribution in [0, 0.1) is 5.92 Å². The van der Waals surface area contributed by atoms with Gasteiger partial charge in [-0.3, -0.25) is 4.79 Å². The van der Waals surface area contributed by atoms with Crippen LogP contribution in [-0.4, -0.2) is 45.4 Å². The first-order valence-electron chi connectivity index (χ1n) is 9.21. The quantitative estimate of drug-likeness (QED) is 0.703. The van der Waals surface area contributed by atoms with Gasteiger partial charge in [0.05, 0.1) is 0 Å². The number of nitrogens with one attached hydrogen (secondary N) is 1. The molecule has 3 aromatic rings. The molecule has 27 heavy (non-hydrogen) atoms. The third-order valence-electron chi connectivity index (χ3n) is 5.06. The summed E-state index contributed by atoms with van der Waals surface area (Å²) in [4.78, 5) is 14.7. The van der Waals surface area contributed by atoms with Crippen LogP contribution in [0.3, 0.4) is 0 Å². The molecule has 1 aromatic carbocycles. The Bertz CT molecular complexity index is 903. The number of rotatable bonds is 5. The molecule has 0 spiro atoms. The maximum Gasteiger partial charge on any atom is 0.223 e. The maximum atomic E-state index is 12.5. The molecule has 1 amide bonds. The third kappa shape index (κ3) is 3.90. The van der Waals surface area contributed by atoms with Gasteiger partial charge in [-0.05, 0) is 30.5 Å². The van der Waals surface area contributed by atoms with Crippen molar-refractivity contribution >= 4 is 17.4 Å². The first-order valence-corrected chi connectivity index (χ1v) is 9.21. The zero-order valence-corrected chi connectivity index (χ0v) is 15.0. The fraction of sp³-hybridized carbons (Fsp3) is 0.368. The average Bonchev–Trinajstić information content (AvgIpc) is 3.20. The van der Waals surface area contributed by atoms with E-state index >= 15 is 0 Å². The van der Waals surface area contributed by atoms with E-state index in [1.807, 2.05) is 42.5 Å². The fourth-order valence-corrected chi connectivity index (χ4v) is 3.43. The Morgan fingerprint density at radius 2 is 1.96 bits per heavy atom. The van der Waals surface area contributed by atoms with E-state index in [0.29, 0.717) is 6.54 Å². The van der Waals surface area contributed by atoms with E-state index in [9.17, 15) is 4.79 Å². The number of anilines is 1. The molecule has 1 aliphatic heterocycles. The second-order valence-electron chi connectivity index (χ2n) is 6.85. The van der Waals surface area contributed by atoms with E-state index in [1.54, 1.807) is 10.8 Å². The molecule has 1 atom stereocenters. The fourth-order valence-electron chi connectivity index (χ4n) is 3.43. The molecule has 1 unspecified atom stereocenters. The zero-order chi connectivity index (χ0) is 18.6. The van der Waals surface area contributed by atoms with Crippen LogP contribution in [0.5, 0.6) is 0 Å². The number of piperidine rings is 1. The Kier molecular flexibility index (Phi) is 4.97. The van der Waals surface area contributed by atoms with Crippen molar-refractivity contribution in [3.63, 3.8) is 0 Å². The van der Waals surface area contributed by atoms with Crippen molar-refractivity contribution in [2.24, 2.45) is 11.7 Å². The summed E-state index contributed by atoms with van der Waals surface area (Å²) in [7, 11) is 0. The lowest BCUT2D eigenvalue weighted by Gasteiger charge is -2.32. The number of benzene rings is 1. The van der Waals surface area contributed by atoms with Crippen molar-refractivity contribution in [3.8, 4) is 0 Å². The van der Waals surface area contributed by atoms with E-state index in [4.69, 9.17) is 5.73 Å². The van der Waals surface area contributed by atoms with Gasteiger partial charge in [0, 0.05) is 31.6 Å². The number of amides is 1. The molecule has 140 valence electrons. The van der Waals surface area contributed by atoms with Crippen molar-refractivity contribution in [3.05, 3.63) is 54.4 Å². The third-order valence-corrected chi connectivity index (χ3v) is 5.06. The summed E-state index contributed by atoms with van der Waals surface area (Å²) in [5.41, 5.74) is 7.92. The van der Waals surface area contributed by atoms with Crippen molar-refractivity contribution in [1.82, 2.24) is 25.1 Å². The number of hydrogen-bond donors (Lipinski definition) is 2. The monoisotopic (exact) mass is 365 g/mol. The first kappa shape index (κ1) is 17.4. The van der Waals surface area contributed by atoms with Gasteiger partial charge in [0.1, 0.15) is 12.1 Å². The normalized spacial score (nSPS) is 16.4. The van der Waals surface area contributed by atoms with Gasteiger partial charge in [-0.25, -0.2) is 0 Å². The molecule has 3 N–H and O–H groups in total. The van der Waals surface area contributed by atoms with Crippen LogP contribution in [0.25, 0.3) is 5.65 Å². The van der Waals surface area contributed by atoms with Crippen molar-refractivity contribution in [2.75, 3.05) is 24.5 Å². The van der Waals surface area contributed by atoms with Crippen LogP contribution in [0.15, 0.2) is 48.8 Å². The Balaban J connectivity index is 1.28. The number of nitrogens with zero attached hydrogens (tertiary/aromatic N) is 5. The largest absolute Gasteiger partial charge is 0.355 e. The molecule has 8 nitrogen and oxygen atoms in total.